The van der Waals surface area contributed by atoms with Crippen molar-refractivity contribution in [2.75, 3.05) is 6.61 Å². The zero-order valence-corrected chi connectivity index (χ0v) is 19.8. The molecule has 2 rings (SSSR count). The summed E-state index contributed by atoms with van der Waals surface area (Å²) in [4.78, 5) is 32.2. The normalized spacial score (nSPS) is 32.3. The Hall–Kier alpha value is -0.260. The Morgan fingerprint density at radius 2 is 1.90 bits per heavy atom. The van der Waals surface area contributed by atoms with E-state index in [0.717, 1.165) is 24.8 Å². The molecular formula is C20H33O7P2-3. The highest BCUT2D eigenvalue weighted by Crippen LogP contribution is 2.60. The molecule has 1 fully saturated rings. The Morgan fingerprint density at radius 1 is 1.24 bits per heavy atom. The number of hydrogen-bond donors (Lipinski definition) is 0. The van der Waals surface area contributed by atoms with Crippen LogP contribution >= 0.6 is 15.6 Å². The Labute approximate surface area is 174 Å². The lowest BCUT2D eigenvalue weighted by Gasteiger charge is -2.57. The first-order valence-corrected chi connectivity index (χ1v) is 13.1. The minimum atomic E-state index is -5.65. The standard InChI is InChI=1S/C20H36O7P2/c1-15(11-14-26-29(24,25)27-28(21,22)23)7-9-17-16(2)8-10-18-19(3,4)12-6-13-20(17,18)5/h8,11,17-18H,6-7,9-10,12-14H2,1-5H3,(H,24,25)(H2,21,22,23)/p-3/b15-11+/t17-,18-,20+/m0/s1. The summed E-state index contributed by atoms with van der Waals surface area (Å²) in [5, 5.41) is 0. The Bertz CT molecular complexity index is 752. The van der Waals surface area contributed by atoms with Gasteiger partial charge in [-0.3, -0.25) is 8.88 Å². The lowest BCUT2D eigenvalue weighted by atomic mass is 9.48. The summed E-state index contributed by atoms with van der Waals surface area (Å²) in [5.41, 5.74) is 2.98. The van der Waals surface area contributed by atoms with Crippen molar-refractivity contribution >= 4 is 15.6 Å². The Balaban J connectivity index is 1.98. The van der Waals surface area contributed by atoms with Crippen LogP contribution in [0.4, 0.5) is 0 Å². The quantitative estimate of drug-likeness (QED) is 0.409. The van der Waals surface area contributed by atoms with Gasteiger partial charge in [0.1, 0.15) is 0 Å². The third kappa shape index (κ3) is 6.61. The second kappa shape index (κ2) is 9.08. The third-order valence-corrected chi connectivity index (χ3v) is 9.05. The van der Waals surface area contributed by atoms with Crippen LogP contribution < -0.4 is 14.7 Å². The van der Waals surface area contributed by atoms with Gasteiger partial charge in [-0.1, -0.05) is 50.5 Å². The van der Waals surface area contributed by atoms with Crippen LogP contribution in [0.2, 0.25) is 0 Å². The van der Waals surface area contributed by atoms with E-state index in [1.165, 1.54) is 24.8 Å². The average Bonchev–Trinajstić information content (AvgIpc) is 2.50. The third-order valence-electron chi connectivity index (χ3n) is 6.99. The smallest absolute Gasteiger partial charge is 0.272 e. The molecule has 0 amide bonds. The fraction of sp³-hybridized carbons (Fsp3) is 0.800. The van der Waals surface area contributed by atoms with E-state index in [4.69, 9.17) is 0 Å². The van der Waals surface area contributed by atoms with Crippen molar-refractivity contribution in [3.8, 4) is 0 Å². The fourth-order valence-electron chi connectivity index (χ4n) is 5.59. The van der Waals surface area contributed by atoms with Gasteiger partial charge in [0, 0.05) is 0 Å². The first kappa shape index (κ1) is 25.0. The molecule has 0 aromatic rings. The van der Waals surface area contributed by atoms with Crippen molar-refractivity contribution in [3.05, 3.63) is 23.3 Å². The molecule has 0 aromatic heterocycles. The highest BCUT2D eigenvalue weighted by Gasteiger charge is 2.51. The van der Waals surface area contributed by atoms with E-state index in [2.05, 4.69) is 42.6 Å². The van der Waals surface area contributed by atoms with Crippen molar-refractivity contribution in [2.24, 2.45) is 22.7 Å². The second-order valence-electron chi connectivity index (χ2n) is 9.50. The predicted molar refractivity (Wildman–Crippen MR) is 106 cm³/mol. The molecule has 2 aliphatic carbocycles. The van der Waals surface area contributed by atoms with Crippen LogP contribution in [0.5, 0.6) is 0 Å². The fourth-order valence-corrected chi connectivity index (χ4v) is 7.01. The zero-order valence-electron chi connectivity index (χ0n) is 18.0. The van der Waals surface area contributed by atoms with Crippen molar-refractivity contribution < 1.29 is 32.6 Å². The number of hydrogen-bond acceptors (Lipinski definition) is 7. The van der Waals surface area contributed by atoms with Gasteiger partial charge in [0.25, 0.3) is 7.82 Å². The van der Waals surface area contributed by atoms with Crippen LogP contribution in [0.3, 0.4) is 0 Å². The molecule has 1 saturated carbocycles. The van der Waals surface area contributed by atoms with Gasteiger partial charge in [-0.05, 0) is 68.6 Å². The summed E-state index contributed by atoms with van der Waals surface area (Å²) in [6.07, 6.45) is 10.6. The van der Waals surface area contributed by atoms with Crippen molar-refractivity contribution in [1.29, 1.82) is 0 Å². The van der Waals surface area contributed by atoms with Crippen LogP contribution in [0, 0.1) is 22.7 Å². The molecule has 29 heavy (non-hydrogen) atoms. The molecule has 0 saturated heterocycles. The summed E-state index contributed by atoms with van der Waals surface area (Å²) >= 11 is 0. The minimum absolute atomic E-state index is 0.263. The minimum Gasteiger partial charge on any atom is -0.790 e. The largest absolute Gasteiger partial charge is 0.790 e. The highest BCUT2D eigenvalue weighted by molar-refractivity contribution is 7.58. The maximum Gasteiger partial charge on any atom is 0.272 e. The van der Waals surface area contributed by atoms with Crippen LogP contribution in [-0.4, -0.2) is 6.61 Å². The second-order valence-corrected chi connectivity index (χ2v) is 12.2. The number of allylic oxidation sites excluding steroid dienone is 3. The molecule has 1 unspecified atom stereocenters. The van der Waals surface area contributed by atoms with Crippen LogP contribution in [-0.2, 0) is 18.0 Å². The lowest BCUT2D eigenvalue weighted by Crippen LogP contribution is -2.48. The van der Waals surface area contributed by atoms with E-state index in [1.807, 2.05) is 6.92 Å². The van der Waals surface area contributed by atoms with Gasteiger partial charge in [-0.25, -0.2) is 0 Å². The number of phosphoric ester groups is 1. The molecule has 0 N–H and O–H groups in total. The summed E-state index contributed by atoms with van der Waals surface area (Å²) in [6.45, 7) is 10.9. The average molecular weight is 447 g/mol. The molecule has 9 heteroatoms. The van der Waals surface area contributed by atoms with Gasteiger partial charge in [0.05, 0.1) is 14.4 Å². The molecule has 0 aliphatic heterocycles. The van der Waals surface area contributed by atoms with Crippen molar-refractivity contribution in [1.82, 2.24) is 0 Å². The molecule has 0 heterocycles. The van der Waals surface area contributed by atoms with E-state index >= 15 is 0 Å². The van der Waals surface area contributed by atoms with Gasteiger partial charge in [-0.15, -0.1) is 0 Å². The molecular weight excluding hydrogens is 414 g/mol. The van der Waals surface area contributed by atoms with Gasteiger partial charge >= 0.3 is 0 Å². The van der Waals surface area contributed by atoms with Gasteiger partial charge in [-0.2, -0.15) is 0 Å². The predicted octanol–water partition coefficient (Wildman–Crippen LogP) is 3.84. The lowest BCUT2D eigenvalue weighted by molar-refractivity contribution is -0.339. The first-order valence-electron chi connectivity index (χ1n) is 10.2. The van der Waals surface area contributed by atoms with Crippen molar-refractivity contribution in [3.63, 3.8) is 0 Å². The zero-order chi connectivity index (χ0) is 22.1. The van der Waals surface area contributed by atoms with E-state index in [0.29, 0.717) is 17.3 Å². The molecule has 2 aliphatic rings. The monoisotopic (exact) mass is 447 g/mol. The van der Waals surface area contributed by atoms with Gasteiger partial charge in [0.15, 0.2) is 0 Å². The number of fused-ring (bicyclic) bond motifs is 1. The summed E-state index contributed by atoms with van der Waals surface area (Å²) < 4.78 is 29.6. The SMILES string of the molecule is CC1=CC[C@H]2C(C)(C)CCC[C@]2(C)[C@H]1CC/C(C)=C/COP(=O)([O-])OP(=O)([O-])[O-]. The Kier molecular flexibility index (Phi) is 7.83. The maximum atomic E-state index is 11.3. The molecule has 4 atom stereocenters. The molecule has 168 valence electrons. The molecule has 7 nitrogen and oxygen atoms in total. The molecule has 0 bridgehead atoms. The molecule has 0 aromatic carbocycles. The van der Waals surface area contributed by atoms with E-state index in [9.17, 15) is 23.8 Å². The summed E-state index contributed by atoms with van der Waals surface area (Å²) in [7, 11) is -10.8. The van der Waals surface area contributed by atoms with Gasteiger partial charge < -0.3 is 23.8 Å². The van der Waals surface area contributed by atoms with E-state index in [-0.39, 0.29) is 12.0 Å². The van der Waals surface area contributed by atoms with E-state index < -0.39 is 15.6 Å². The molecule has 0 radical (unpaired) electrons. The maximum absolute atomic E-state index is 11.3. The summed E-state index contributed by atoms with van der Waals surface area (Å²) in [6, 6.07) is 0. The number of rotatable bonds is 8. The van der Waals surface area contributed by atoms with Crippen LogP contribution in [0.1, 0.15) is 73.1 Å². The van der Waals surface area contributed by atoms with Gasteiger partial charge in [0.2, 0.25) is 0 Å². The number of phosphoric acid groups is 2. The van der Waals surface area contributed by atoms with Crippen LogP contribution in [0.15, 0.2) is 23.3 Å². The first-order chi connectivity index (χ1) is 13.2. The summed E-state index contributed by atoms with van der Waals surface area (Å²) in [5.74, 6) is 1.13. The topological polar surface area (TPSA) is 122 Å². The Morgan fingerprint density at radius 3 is 2.52 bits per heavy atom. The van der Waals surface area contributed by atoms with Crippen molar-refractivity contribution in [2.45, 2.75) is 73.1 Å². The van der Waals surface area contributed by atoms with E-state index in [1.54, 1.807) is 6.08 Å². The van der Waals surface area contributed by atoms with Crippen LogP contribution in [0.25, 0.3) is 0 Å². The molecule has 0 spiro atoms. The highest BCUT2D eigenvalue weighted by atomic mass is 31.3.